The van der Waals surface area contributed by atoms with Crippen LogP contribution < -0.4 is 15.6 Å². The highest BCUT2D eigenvalue weighted by Crippen LogP contribution is 2.22. The van der Waals surface area contributed by atoms with Gasteiger partial charge in [0.05, 0.1) is 12.5 Å². The maximum atomic E-state index is 12.9. The van der Waals surface area contributed by atoms with Crippen molar-refractivity contribution in [2.75, 3.05) is 7.11 Å². The number of carbonyl (C=O) groups excluding carboxylic acids is 1. The van der Waals surface area contributed by atoms with Crippen LogP contribution in [0.5, 0.6) is 5.75 Å². The highest BCUT2D eigenvalue weighted by Gasteiger charge is 2.09. The molecule has 1 aromatic heterocycles. The van der Waals surface area contributed by atoms with Gasteiger partial charge in [0.2, 0.25) is 5.91 Å². The van der Waals surface area contributed by atoms with Gasteiger partial charge in [0.15, 0.2) is 0 Å². The van der Waals surface area contributed by atoms with E-state index < -0.39 is 0 Å². The first-order chi connectivity index (χ1) is 12.1. The van der Waals surface area contributed by atoms with Gasteiger partial charge in [-0.1, -0.05) is 18.2 Å². The Kier molecular flexibility index (Phi) is 4.79. The third-order valence-electron chi connectivity index (χ3n) is 3.92. The molecule has 0 spiro atoms. The standard InChI is InChI=1S/C19H17FN2O3/c1-25-17-4-2-3-16-15(17)9-10-22(19(16)24)12-18(23)21-11-13-5-7-14(20)8-6-13/h2-10H,11-12H2,1H3,(H,21,23). The minimum Gasteiger partial charge on any atom is -0.496 e. The lowest BCUT2D eigenvalue weighted by atomic mass is 10.1. The number of aromatic nitrogens is 1. The monoisotopic (exact) mass is 340 g/mol. The molecule has 0 fully saturated rings. The van der Waals surface area contributed by atoms with Gasteiger partial charge in [-0.15, -0.1) is 0 Å². The maximum absolute atomic E-state index is 12.9. The lowest BCUT2D eigenvalue weighted by molar-refractivity contribution is -0.121. The van der Waals surface area contributed by atoms with Crippen LogP contribution >= 0.6 is 0 Å². The van der Waals surface area contributed by atoms with Gasteiger partial charge in [0.1, 0.15) is 18.1 Å². The third-order valence-corrected chi connectivity index (χ3v) is 3.92. The van der Waals surface area contributed by atoms with E-state index in [1.165, 1.54) is 16.7 Å². The first kappa shape index (κ1) is 16.7. The highest BCUT2D eigenvalue weighted by molar-refractivity contribution is 5.87. The molecular weight excluding hydrogens is 323 g/mol. The van der Waals surface area contributed by atoms with Crippen LogP contribution in [-0.2, 0) is 17.9 Å². The molecule has 25 heavy (non-hydrogen) atoms. The van der Waals surface area contributed by atoms with Gasteiger partial charge in [-0.2, -0.15) is 0 Å². The molecule has 0 saturated heterocycles. The topological polar surface area (TPSA) is 60.3 Å². The molecular formula is C19H17FN2O3. The van der Waals surface area contributed by atoms with E-state index in [0.29, 0.717) is 16.5 Å². The van der Waals surface area contributed by atoms with Gasteiger partial charge in [-0.25, -0.2) is 4.39 Å². The molecule has 0 aliphatic heterocycles. The van der Waals surface area contributed by atoms with Gasteiger partial charge < -0.3 is 14.6 Å². The Hall–Kier alpha value is -3.15. The number of carbonyl (C=O) groups is 1. The van der Waals surface area contributed by atoms with Crippen molar-refractivity contribution in [1.29, 1.82) is 0 Å². The van der Waals surface area contributed by atoms with E-state index in [0.717, 1.165) is 5.56 Å². The number of ether oxygens (including phenoxy) is 1. The molecule has 0 aliphatic rings. The second kappa shape index (κ2) is 7.17. The highest BCUT2D eigenvalue weighted by atomic mass is 19.1. The van der Waals surface area contributed by atoms with Crippen LogP contribution in [0.4, 0.5) is 4.39 Å². The van der Waals surface area contributed by atoms with E-state index in [9.17, 15) is 14.0 Å². The largest absolute Gasteiger partial charge is 0.496 e. The van der Waals surface area contributed by atoms with Crippen LogP contribution in [0.1, 0.15) is 5.56 Å². The summed E-state index contributed by atoms with van der Waals surface area (Å²) in [7, 11) is 1.54. The van der Waals surface area contributed by atoms with Crippen molar-refractivity contribution in [3.63, 3.8) is 0 Å². The molecule has 3 rings (SSSR count). The number of halogens is 1. The predicted octanol–water partition coefficient (Wildman–Crippen LogP) is 2.47. The summed E-state index contributed by atoms with van der Waals surface area (Å²) in [6.45, 7) is 0.183. The van der Waals surface area contributed by atoms with Gasteiger partial charge in [-0.05, 0) is 35.9 Å². The molecule has 0 atom stereocenters. The molecule has 0 radical (unpaired) electrons. The van der Waals surface area contributed by atoms with Gasteiger partial charge >= 0.3 is 0 Å². The van der Waals surface area contributed by atoms with Crippen molar-refractivity contribution in [1.82, 2.24) is 9.88 Å². The van der Waals surface area contributed by atoms with Crippen LogP contribution in [0, 0.1) is 5.82 Å². The van der Waals surface area contributed by atoms with Gasteiger partial charge in [0, 0.05) is 18.1 Å². The van der Waals surface area contributed by atoms with Crippen molar-refractivity contribution >= 4 is 16.7 Å². The minimum absolute atomic E-state index is 0.0901. The van der Waals surface area contributed by atoms with Crippen LogP contribution in [0.25, 0.3) is 10.8 Å². The minimum atomic E-state index is -0.326. The smallest absolute Gasteiger partial charge is 0.259 e. The van der Waals surface area contributed by atoms with Crippen molar-refractivity contribution in [3.8, 4) is 5.75 Å². The quantitative estimate of drug-likeness (QED) is 0.776. The summed E-state index contributed by atoms with van der Waals surface area (Å²) in [5, 5.41) is 3.92. The number of rotatable bonds is 5. The van der Waals surface area contributed by atoms with Crippen LogP contribution in [0.15, 0.2) is 59.5 Å². The van der Waals surface area contributed by atoms with Gasteiger partial charge in [0.25, 0.3) is 5.56 Å². The van der Waals surface area contributed by atoms with E-state index in [-0.39, 0.29) is 30.4 Å². The molecule has 0 saturated carbocycles. The van der Waals surface area contributed by atoms with E-state index in [2.05, 4.69) is 5.32 Å². The summed E-state index contributed by atoms with van der Waals surface area (Å²) in [5.74, 6) is -0.00981. The Morgan fingerprint density at radius 3 is 2.60 bits per heavy atom. The number of pyridine rings is 1. The zero-order valence-corrected chi connectivity index (χ0v) is 13.7. The molecule has 1 heterocycles. The van der Waals surface area contributed by atoms with Crippen molar-refractivity contribution in [2.24, 2.45) is 0 Å². The Morgan fingerprint density at radius 1 is 1.12 bits per heavy atom. The van der Waals surface area contributed by atoms with E-state index in [4.69, 9.17) is 4.74 Å². The molecule has 0 bridgehead atoms. The molecule has 6 heteroatoms. The Morgan fingerprint density at radius 2 is 1.88 bits per heavy atom. The lowest BCUT2D eigenvalue weighted by Crippen LogP contribution is -2.31. The molecule has 1 amide bonds. The molecule has 1 N–H and O–H groups in total. The Bertz CT molecular complexity index is 965. The molecule has 2 aromatic carbocycles. The second-order valence-corrected chi connectivity index (χ2v) is 5.57. The number of hydrogen-bond acceptors (Lipinski definition) is 3. The fourth-order valence-electron chi connectivity index (χ4n) is 2.61. The first-order valence-corrected chi connectivity index (χ1v) is 7.76. The molecule has 0 aliphatic carbocycles. The summed E-state index contributed by atoms with van der Waals surface area (Å²) < 4.78 is 19.5. The number of benzene rings is 2. The van der Waals surface area contributed by atoms with Crippen LogP contribution in [-0.4, -0.2) is 17.6 Å². The van der Waals surface area contributed by atoms with Crippen molar-refractivity contribution < 1.29 is 13.9 Å². The first-order valence-electron chi connectivity index (χ1n) is 7.76. The van der Waals surface area contributed by atoms with Crippen molar-refractivity contribution in [2.45, 2.75) is 13.1 Å². The van der Waals surface area contributed by atoms with Crippen molar-refractivity contribution in [3.05, 3.63) is 76.5 Å². The zero-order chi connectivity index (χ0) is 17.8. The molecule has 3 aromatic rings. The number of methoxy groups -OCH3 is 1. The van der Waals surface area contributed by atoms with Gasteiger partial charge in [-0.3, -0.25) is 9.59 Å². The normalized spacial score (nSPS) is 10.6. The van der Waals surface area contributed by atoms with E-state index in [1.807, 2.05) is 0 Å². The number of amides is 1. The van der Waals surface area contributed by atoms with E-state index >= 15 is 0 Å². The number of hydrogen-bond donors (Lipinski definition) is 1. The predicted molar refractivity (Wildman–Crippen MR) is 93.0 cm³/mol. The molecule has 0 unspecified atom stereocenters. The number of nitrogens with one attached hydrogen (secondary N) is 1. The second-order valence-electron chi connectivity index (χ2n) is 5.57. The zero-order valence-electron chi connectivity index (χ0n) is 13.7. The molecule has 128 valence electrons. The number of nitrogens with zero attached hydrogens (tertiary/aromatic N) is 1. The fraction of sp³-hybridized carbons (Fsp3) is 0.158. The van der Waals surface area contributed by atoms with Crippen LogP contribution in [0.2, 0.25) is 0 Å². The maximum Gasteiger partial charge on any atom is 0.259 e. The third kappa shape index (κ3) is 3.68. The number of fused-ring (bicyclic) bond motifs is 1. The average Bonchev–Trinajstić information content (AvgIpc) is 2.63. The lowest BCUT2D eigenvalue weighted by Gasteiger charge is -2.10. The average molecular weight is 340 g/mol. The fourth-order valence-corrected chi connectivity index (χ4v) is 2.61. The Balaban J connectivity index is 1.74. The SMILES string of the molecule is COc1cccc2c(=O)n(CC(=O)NCc3ccc(F)cc3)ccc12. The summed E-state index contributed by atoms with van der Waals surface area (Å²) in [6, 6.07) is 12.8. The Labute approximate surface area is 143 Å². The van der Waals surface area contributed by atoms with Crippen LogP contribution in [0.3, 0.4) is 0 Å². The summed E-state index contributed by atoms with van der Waals surface area (Å²) in [5.41, 5.74) is 0.527. The summed E-state index contributed by atoms with van der Waals surface area (Å²) in [6.07, 6.45) is 1.57. The van der Waals surface area contributed by atoms with E-state index in [1.54, 1.807) is 49.7 Å². The summed E-state index contributed by atoms with van der Waals surface area (Å²) >= 11 is 0. The summed E-state index contributed by atoms with van der Waals surface area (Å²) in [4.78, 5) is 24.6. The molecule has 5 nitrogen and oxygen atoms in total.